The molecule has 8 heteroatoms. The number of unbranched alkanes of at least 4 members (excludes halogenated alkanes) is 1. The molecule has 0 saturated heterocycles. The minimum absolute atomic E-state index is 0.0290. The van der Waals surface area contributed by atoms with Gasteiger partial charge >= 0.3 is 0 Å². The molecule has 0 spiro atoms. The summed E-state index contributed by atoms with van der Waals surface area (Å²) in [6.07, 6.45) is 3.87. The summed E-state index contributed by atoms with van der Waals surface area (Å²) < 4.78 is 6.80. The Labute approximate surface area is 150 Å². The highest BCUT2D eigenvalue weighted by Crippen LogP contribution is 2.34. The van der Waals surface area contributed by atoms with Gasteiger partial charge in [0.05, 0.1) is 18.5 Å². The van der Waals surface area contributed by atoms with Crippen LogP contribution < -0.4 is 10.6 Å². The monoisotopic (exact) mass is 362 g/mol. The number of nitrogens with one attached hydrogen (secondary N) is 2. The van der Waals surface area contributed by atoms with E-state index in [9.17, 15) is 9.59 Å². The second kappa shape index (κ2) is 8.24. The first-order valence-electron chi connectivity index (χ1n) is 8.42. The lowest BCUT2D eigenvalue weighted by molar-refractivity contribution is -0.122. The number of anilines is 1. The molecule has 0 atom stereocenters. The van der Waals surface area contributed by atoms with Crippen molar-refractivity contribution in [2.24, 2.45) is 0 Å². The summed E-state index contributed by atoms with van der Waals surface area (Å²) in [5.74, 6) is 2.78. The molecular weight excluding hydrogens is 340 g/mol. The quantitative estimate of drug-likeness (QED) is 0.754. The summed E-state index contributed by atoms with van der Waals surface area (Å²) in [6, 6.07) is 3.58. The number of amides is 2. The first kappa shape index (κ1) is 17.6. The van der Waals surface area contributed by atoms with E-state index >= 15 is 0 Å². The van der Waals surface area contributed by atoms with Gasteiger partial charge in [0, 0.05) is 23.5 Å². The molecule has 0 saturated carbocycles. The number of furan rings is 1. The van der Waals surface area contributed by atoms with Gasteiger partial charge in [0.1, 0.15) is 18.1 Å². The summed E-state index contributed by atoms with van der Waals surface area (Å²) in [5.41, 5.74) is 1.99. The predicted molar refractivity (Wildman–Crippen MR) is 95.9 cm³/mol. The van der Waals surface area contributed by atoms with Crippen LogP contribution in [0.2, 0.25) is 0 Å². The SMILES string of the molecule is CCCCC(=O)Nc1c2c(nn1CC(=O)NCc1ccco1)CSC2. The third-order valence-electron chi connectivity index (χ3n) is 3.97. The van der Waals surface area contributed by atoms with E-state index in [1.165, 1.54) is 0 Å². The molecule has 3 heterocycles. The molecular formula is C17H22N4O3S. The molecule has 1 aliphatic heterocycles. The third kappa shape index (κ3) is 4.45. The molecule has 3 rings (SSSR count). The van der Waals surface area contributed by atoms with E-state index in [1.807, 2.05) is 0 Å². The molecule has 2 aromatic heterocycles. The molecule has 7 nitrogen and oxygen atoms in total. The minimum Gasteiger partial charge on any atom is -0.467 e. The van der Waals surface area contributed by atoms with Gasteiger partial charge in [0.15, 0.2) is 0 Å². The predicted octanol–water partition coefficient (Wildman–Crippen LogP) is 2.67. The van der Waals surface area contributed by atoms with Crippen LogP contribution in [-0.2, 0) is 34.2 Å². The van der Waals surface area contributed by atoms with Crippen molar-refractivity contribution in [2.45, 2.75) is 50.8 Å². The van der Waals surface area contributed by atoms with Gasteiger partial charge in [-0.15, -0.1) is 0 Å². The molecule has 134 valence electrons. The zero-order valence-electron chi connectivity index (χ0n) is 14.2. The Balaban J connectivity index is 1.65. The van der Waals surface area contributed by atoms with Gasteiger partial charge in [-0.25, -0.2) is 4.68 Å². The molecule has 25 heavy (non-hydrogen) atoms. The Hall–Kier alpha value is -2.22. The number of carbonyl (C=O) groups excluding carboxylic acids is 2. The molecule has 2 aromatic rings. The normalized spacial score (nSPS) is 12.8. The lowest BCUT2D eigenvalue weighted by Gasteiger charge is -2.11. The van der Waals surface area contributed by atoms with Crippen molar-refractivity contribution in [3.8, 4) is 0 Å². The zero-order valence-corrected chi connectivity index (χ0v) is 15.0. The smallest absolute Gasteiger partial charge is 0.242 e. The molecule has 2 N–H and O–H groups in total. The fourth-order valence-electron chi connectivity index (χ4n) is 2.64. The molecule has 0 aliphatic carbocycles. The molecule has 0 aromatic carbocycles. The fraction of sp³-hybridized carbons (Fsp3) is 0.471. The van der Waals surface area contributed by atoms with Crippen LogP contribution in [0.4, 0.5) is 5.82 Å². The van der Waals surface area contributed by atoms with Crippen LogP contribution in [0.1, 0.15) is 43.2 Å². The zero-order chi connectivity index (χ0) is 17.6. The van der Waals surface area contributed by atoms with Crippen molar-refractivity contribution < 1.29 is 14.0 Å². The van der Waals surface area contributed by atoms with Gasteiger partial charge in [0.2, 0.25) is 11.8 Å². The highest BCUT2D eigenvalue weighted by molar-refractivity contribution is 7.98. The summed E-state index contributed by atoms with van der Waals surface area (Å²) in [4.78, 5) is 24.3. The molecule has 2 amide bonds. The van der Waals surface area contributed by atoms with Crippen molar-refractivity contribution in [3.05, 3.63) is 35.4 Å². The van der Waals surface area contributed by atoms with E-state index in [1.54, 1.807) is 34.8 Å². The van der Waals surface area contributed by atoms with E-state index in [2.05, 4.69) is 22.7 Å². The molecule has 0 bridgehead atoms. The average Bonchev–Trinajstić information content (AvgIpc) is 3.31. The molecule has 0 radical (unpaired) electrons. The van der Waals surface area contributed by atoms with E-state index < -0.39 is 0 Å². The van der Waals surface area contributed by atoms with Gasteiger partial charge in [-0.1, -0.05) is 13.3 Å². The van der Waals surface area contributed by atoms with Gasteiger partial charge in [-0.3, -0.25) is 9.59 Å². The fourth-order valence-corrected chi connectivity index (χ4v) is 3.68. The highest BCUT2D eigenvalue weighted by atomic mass is 32.2. The lowest BCUT2D eigenvalue weighted by Crippen LogP contribution is -2.28. The topological polar surface area (TPSA) is 89.2 Å². The Bertz CT molecular complexity index is 739. The summed E-state index contributed by atoms with van der Waals surface area (Å²) >= 11 is 1.76. The van der Waals surface area contributed by atoms with Gasteiger partial charge in [-0.2, -0.15) is 16.9 Å². The number of rotatable bonds is 8. The second-order valence-corrected chi connectivity index (χ2v) is 6.92. The first-order valence-corrected chi connectivity index (χ1v) is 9.58. The van der Waals surface area contributed by atoms with Gasteiger partial charge in [0.25, 0.3) is 0 Å². The van der Waals surface area contributed by atoms with Crippen molar-refractivity contribution in [1.29, 1.82) is 0 Å². The molecule has 0 fully saturated rings. The number of aromatic nitrogens is 2. The Morgan fingerprint density at radius 3 is 3.00 bits per heavy atom. The van der Waals surface area contributed by atoms with E-state index in [0.717, 1.165) is 35.6 Å². The number of nitrogens with zero attached hydrogens (tertiary/aromatic N) is 2. The Morgan fingerprint density at radius 1 is 1.36 bits per heavy atom. The minimum atomic E-state index is -0.172. The van der Waals surface area contributed by atoms with Crippen LogP contribution in [0.3, 0.4) is 0 Å². The standard InChI is InChI=1S/C17H22N4O3S/c1-2-3-6-15(22)19-17-13-10-25-11-14(13)20-21(17)9-16(23)18-8-12-5-4-7-24-12/h4-5,7H,2-3,6,8-11H2,1H3,(H,18,23)(H,19,22). The lowest BCUT2D eigenvalue weighted by atomic mass is 10.2. The van der Waals surface area contributed by atoms with Crippen LogP contribution in [0, 0.1) is 0 Å². The maximum atomic E-state index is 12.2. The highest BCUT2D eigenvalue weighted by Gasteiger charge is 2.24. The first-order chi connectivity index (χ1) is 12.2. The van der Waals surface area contributed by atoms with Crippen molar-refractivity contribution in [3.63, 3.8) is 0 Å². The number of hydrogen-bond acceptors (Lipinski definition) is 5. The van der Waals surface area contributed by atoms with Crippen LogP contribution in [-0.4, -0.2) is 21.6 Å². The van der Waals surface area contributed by atoms with Crippen molar-refractivity contribution in [1.82, 2.24) is 15.1 Å². The number of thioether (sulfide) groups is 1. The Morgan fingerprint density at radius 2 is 2.24 bits per heavy atom. The van der Waals surface area contributed by atoms with Gasteiger partial charge < -0.3 is 15.1 Å². The third-order valence-corrected chi connectivity index (χ3v) is 4.94. The van der Waals surface area contributed by atoms with Crippen molar-refractivity contribution in [2.75, 3.05) is 5.32 Å². The van der Waals surface area contributed by atoms with E-state index in [-0.39, 0.29) is 18.4 Å². The Kier molecular flexibility index (Phi) is 5.80. The van der Waals surface area contributed by atoms with E-state index in [4.69, 9.17) is 4.42 Å². The summed E-state index contributed by atoms with van der Waals surface area (Å²) in [5, 5.41) is 10.3. The van der Waals surface area contributed by atoms with E-state index in [0.29, 0.717) is 24.5 Å². The summed E-state index contributed by atoms with van der Waals surface area (Å²) in [7, 11) is 0. The maximum absolute atomic E-state index is 12.2. The largest absolute Gasteiger partial charge is 0.467 e. The maximum Gasteiger partial charge on any atom is 0.242 e. The van der Waals surface area contributed by atoms with Crippen LogP contribution >= 0.6 is 11.8 Å². The number of carbonyl (C=O) groups is 2. The van der Waals surface area contributed by atoms with Gasteiger partial charge in [-0.05, 0) is 18.6 Å². The van der Waals surface area contributed by atoms with Crippen LogP contribution in [0.15, 0.2) is 22.8 Å². The average molecular weight is 362 g/mol. The van der Waals surface area contributed by atoms with Crippen LogP contribution in [0.25, 0.3) is 0 Å². The van der Waals surface area contributed by atoms with Crippen LogP contribution in [0.5, 0.6) is 0 Å². The molecule has 1 aliphatic rings. The van der Waals surface area contributed by atoms with Crippen molar-refractivity contribution >= 4 is 29.4 Å². The second-order valence-electron chi connectivity index (χ2n) is 5.93. The summed E-state index contributed by atoms with van der Waals surface area (Å²) in [6.45, 7) is 2.46. The molecule has 0 unspecified atom stereocenters. The number of hydrogen-bond donors (Lipinski definition) is 2. The number of fused-ring (bicyclic) bond motifs is 1.